The van der Waals surface area contributed by atoms with Gasteiger partial charge in [-0.15, -0.1) is 0 Å². The number of carbonyl (C=O) groups is 4. The number of benzene rings is 4. The second kappa shape index (κ2) is 16.2. The molecule has 4 aromatic rings. The Morgan fingerprint density at radius 2 is 0.815 bits per heavy atom. The zero-order valence-corrected chi connectivity index (χ0v) is 33.8. The molecule has 6 atom stereocenters. The third-order valence-electron chi connectivity index (χ3n) is 11.0. The number of carbonyl (C=O) groups excluding carboxylic acids is 2. The van der Waals surface area contributed by atoms with Crippen LogP contribution in [0.25, 0.3) is 0 Å². The molecule has 268 valence electrons. The molecular weight excluding hydrogens is 714 g/mol. The van der Waals surface area contributed by atoms with E-state index in [9.17, 15) is 39.6 Å². The predicted octanol–water partition coefficient (Wildman–Crippen LogP) is -3.03. The smallest absolute Gasteiger partial charge is 0.548 e. The van der Waals surface area contributed by atoms with E-state index in [2.05, 4.69) is 0 Å². The van der Waals surface area contributed by atoms with Crippen molar-refractivity contribution in [2.24, 2.45) is 35.1 Å². The van der Waals surface area contributed by atoms with E-state index in [0.29, 0.717) is 23.0 Å². The molecule has 54 heavy (non-hydrogen) atoms. The maximum Gasteiger partial charge on any atom is 1.00 e. The summed E-state index contributed by atoms with van der Waals surface area (Å²) in [6.45, 7) is 0. The second-order valence-corrected chi connectivity index (χ2v) is 14.1. The first-order chi connectivity index (χ1) is 24.8. The Morgan fingerprint density at radius 3 is 1.04 bits per heavy atom. The fourth-order valence-corrected chi connectivity index (χ4v) is 7.98. The van der Waals surface area contributed by atoms with Gasteiger partial charge in [-0.25, -0.2) is 0 Å². The second-order valence-electron chi connectivity index (χ2n) is 14.1. The average molecular weight is 751 g/mol. The predicted molar refractivity (Wildman–Crippen MR) is 181 cm³/mol. The van der Waals surface area contributed by atoms with Crippen LogP contribution in [0.1, 0.15) is 59.8 Å². The van der Waals surface area contributed by atoms with Crippen LogP contribution in [0.4, 0.5) is 0 Å². The van der Waals surface area contributed by atoms with Crippen molar-refractivity contribution in [2.45, 2.75) is 48.6 Å². The van der Waals surface area contributed by atoms with Gasteiger partial charge in [-0.1, -0.05) is 72.8 Å². The van der Waals surface area contributed by atoms with Crippen molar-refractivity contribution in [3.8, 4) is 23.0 Å². The van der Waals surface area contributed by atoms with Gasteiger partial charge >= 0.3 is 71.1 Å². The fraction of sp³-hybridized carbons (Fsp3) is 0.300. The summed E-state index contributed by atoms with van der Waals surface area (Å²) in [7, 11) is 0. The number of ether oxygens (including phenoxy) is 2. The zero-order valence-electron chi connectivity index (χ0n) is 29.8. The van der Waals surface area contributed by atoms with Gasteiger partial charge in [0.1, 0.15) is 23.0 Å². The summed E-state index contributed by atoms with van der Waals surface area (Å²) in [5, 5.41) is 42.2. The molecule has 0 saturated heterocycles. The van der Waals surface area contributed by atoms with Crippen molar-refractivity contribution in [2.75, 3.05) is 0 Å². The first-order valence-electron chi connectivity index (χ1n) is 17.0. The van der Waals surface area contributed by atoms with Crippen molar-refractivity contribution in [1.29, 1.82) is 0 Å². The standard InChI is InChI=1S/2C20H19NO5.2Na/c2*21-20(19(24)25,15-9-13(15)18(22)23)10-14-11-5-1-3-7-16(11)26-17-8-4-2-6-12(14)17;;/h2*1-8,13-15H,9-10,21H2,(H,22,23)(H,24,25);;/q;;2*+1/p-2/t2*13-,15-,20-;;/m00../s1. The van der Waals surface area contributed by atoms with E-state index in [1.807, 2.05) is 97.1 Å². The average Bonchev–Trinajstić information content (AvgIpc) is 4.06. The van der Waals surface area contributed by atoms with Crippen LogP contribution in [0.15, 0.2) is 97.1 Å². The minimum absolute atomic E-state index is 0. The van der Waals surface area contributed by atoms with Gasteiger partial charge in [-0.2, -0.15) is 0 Å². The third-order valence-corrected chi connectivity index (χ3v) is 11.0. The van der Waals surface area contributed by atoms with E-state index in [1.165, 1.54) is 0 Å². The normalized spacial score (nSPS) is 22.3. The Kier molecular flexibility index (Phi) is 12.4. The van der Waals surface area contributed by atoms with Crippen LogP contribution >= 0.6 is 0 Å². The molecule has 12 nitrogen and oxygen atoms in total. The first kappa shape index (κ1) is 41.4. The molecule has 2 aliphatic carbocycles. The molecule has 0 unspecified atom stereocenters. The van der Waals surface area contributed by atoms with Gasteiger partial charge in [0.25, 0.3) is 0 Å². The number of para-hydroxylation sites is 4. The maximum absolute atomic E-state index is 11.9. The number of nitrogens with two attached hydrogens (primary N) is 2. The first-order valence-corrected chi connectivity index (χ1v) is 17.0. The summed E-state index contributed by atoms with van der Waals surface area (Å²) < 4.78 is 11.8. The van der Waals surface area contributed by atoms with Gasteiger partial charge in [0.15, 0.2) is 0 Å². The molecular formula is C40H36N2Na2O10. The molecule has 2 heterocycles. The van der Waals surface area contributed by atoms with E-state index in [0.717, 1.165) is 22.3 Å². The molecule has 2 aliphatic heterocycles. The summed E-state index contributed by atoms with van der Waals surface area (Å²) in [6.07, 6.45) is 0.626. The van der Waals surface area contributed by atoms with E-state index in [4.69, 9.17) is 20.9 Å². The molecule has 0 aromatic heterocycles. The van der Waals surface area contributed by atoms with Crippen LogP contribution in [-0.4, -0.2) is 45.2 Å². The van der Waals surface area contributed by atoms with Gasteiger partial charge in [-0.3, -0.25) is 9.59 Å². The zero-order chi connectivity index (χ0) is 36.9. The minimum atomic E-state index is -1.72. The van der Waals surface area contributed by atoms with Gasteiger partial charge < -0.3 is 51.0 Å². The molecule has 6 N–H and O–H groups in total. The van der Waals surface area contributed by atoms with Crippen molar-refractivity contribution in [3.05, 3.63) is 119 Å². The topological polar surface area (TPSA) is 225 Å². The van der Waals surface area contributed by atoms with Crippen LogP contribution in [-0.2, 0) is 19.2 Å². The number of rotatable bonds is 10. The van der Waals surface area contributed by atoms with Crippen LogP contribution < -0.4 is 90.3 Å². The number of hydrogen-bond donors (Lipinski definition) is 4. The number of carboxylic acid groups (broad SMARTS) is 4. The van der Waals surface area contributed by atoms with Crippen LogP contribution in [0.3, 0.4) is 0 Å². The van der Waals surface area contributed by atoms with Crippen LogP contribution in [0, 0.1) is 23.7 Å². The van der Waals surface area contributed by atoms with Gasteiger partial charge in [0.2, 0.25) is 0 Å². The Labute approximate surface area is 355 Å². The van der Waals surface area contributed by atoms with E-state index >= 15 is 0 Å². The number of hydrogen-bond acceptors (Lipinski definition) is 10. The van der Waals surface area contributed by atoms with E-state index in [1.54, 1.807) is 0 Å². The summed E-state index contributed by atoms with van der Waals surface area (Å²) in [6, 6.07) is 29.7. The van der Waals surface area contributed by atoms with Gasteiger partial charge in [0, 0.05) is 34.1 Å². The van der Waals surface area contributed by atoms with Crippen LogP contribution in [0.2, 0.25) is 0 Å². The van der Waals surface area contributed by atoms with Gasteiger partial charge in [-0.05, 0) is 61.8 Å². The Morgan fingerprint density at radius 1 is 0.556 bits per heavy atom. The molecule has 2 fully saturated rings. The molecule has 4 aliphatic rings. The van der Waals surface area contributed by atoms with Gasteiger partial charge in [0.05, 0.1) is 34.9 Å². The fourth-order valence-electron chi connectivity index (χ4n) is 7.98. The summed E-state index contributed by atoms with van der Waals surface area (Å²) in [4.78, 5) is 46.3. The molecule has 0 spiro atoms. The van der Waals surface area contributed by atoms with Crippen molar-refractivity contribution in [1.82, 2.24) is 0 Å². The molecule has 0 radical (unpaired) electrons. The minimum Gasteiger partial charge on any atom is -0.548 e. The van der Waals surface area contributed by atoms with Crippen molar-refractivity contribution < 1.29 is 108 Å². The number of aliphatic carboxylic acids is 4. The Hall–Kier alpha value is -3.72. The Balaban J connectivity index is 0.000000200. The Bertz CT molecular complexity index is 1860. The van der Waals surface area contributed by atoms with E-state index in [-0.39, 0.29) is 96.6 Å². The maximum atomic E-state index is 11.9. The number of fused-ring (bicyclic) bond motifs is 4. The molecule has 0 amide bonds. The van der Waals surface area contributed by atoms with Crippen molar-refractivity contribution in [3.63, 3.8) is 0 Å². The quantitative estimate of drug-likeness (QED) is 0.119. The SMILES string of the molecule is N[C@](CC1c2ccccc2Oc2ccccc21)(C(=O)[O-])[C@H]1C[C@@H]1C(=O)O.N[C@](CC1c2ccccc2Oc2ccccc21)(C(=O)[O-])[C@H]1C[C@@H]1C(=O)O.[Na+].[Na+]. The molecule has 8 rings (SSSR count). The molecule has 4 aromatic carbocycles. The summed E-state index contributed by atoms with van der Waals surface area (Å²) in [5.74, 6) is -5.58. The largest absolute Gasteiger partial charge is 1.00 e. The number of carboxylic acids is 4. The molecule has 0 bridgehead atoms. The monoisotopic (exact) mass is 750 g/mol. The summed E-state index contributed by atoms with van der Waals surface area (Å²) >= 11 is 0. The molecule has 2 saturated carbocycles. The molecule has 14 heteroatoms. The summed E-state index contributed by atoms with van der Waals surface area (Å²) in [5.41, 5.74) is 12.4. The third kappa shape index (κ3) is 7.71. The van der Waals surface area contributed by atoms with Crippen molar-refractivity contribution >= 4 is 23.9 Å². The van der Waals surface area contributed by atoms with E-state index < -0.39 is 58.6 Å². The van der Waals surface area contributed by atoms with Crippen LogP contribution in [0.5, 0.6) is 23.0 Å².